The second-order valence-electron chi connectivity index (χ2n) is 7.34. The van der Waals surface area contributed by atoms with Gasteiger partial charge in [-0.05, 0) is 61.0 Å². The number of fused-ring (bicyclic) bond motifs is 1. The summed E-state index contributed by atoms with van der Waals surface area (Å²) >= 11 is 1.42. The summed E-state index contributed by atoms with van der Waals surface area (Å²) in [6.07, 6.45) is 0.960. The highest BCUT2D eigenvalue weighted by Crippen LogP contribution is 2.24. The van der Waals surface area contributed by atoms with E-state index in [-0.39, 0.29) is 5.91 Å². The first-order chi connectivity index (χ1) is 14.6. The zero-order valence-corrected chi connectivity index (χ0v) is 18.3. The summed E-state index contributed by atoms with van der Waals surface area (Å²) in [6, 6.07) is 15.9. The zero-order valence-electron chi connectivity index (χ0n) is 17.4. The van der Waals surface area contributed by atoms with Crippen LogP contribution in [0.2, 0.25) is 0 Å². The Labute approximate surface area is 180 Å². The number of benzene rings is 2. The topological polar surface area (TPSA) is 56.2 Å². The van der Waals surface area contributed by atoms with Gasteiger partial charge in [0.05, 0.1) is 15.9 Å². The minimum atomic E-state index is -0.148. The molecule has 1 amide bonds. The molecule has 0 aliphatic heterocycles. The fraction of sp³-hybridized carbons (Fsp3) is 0.250. The van der Waals surface area contributed by atoms with E-state index in [1.54, 1.807) is 0 Å². The lowest BCUT2D eigenvalue weighted by Crippen LogP contribution is -2.15. The van der Waals surface area contributed by atoms with Gasteiger partial charge in [-0.1, -0.05) is 31.2 Å². The van der Waals surface area contributed by atoms with E-state index in [2.05, 4.69) is 41.7 Å². The van der Waals surface area contributed by atoms with Crippen molar-refractivity contribution < 1.29 is 9.53 Å². The molecule has 0 bridgehead atoms. The summed E-state index contributed by atoms with van der Waals surface area (Å²) in [5.41, 5.74) is 5.24. The van der Waals surface area contributed by atoms with Crippen molar-refractivity contribution in [2.45, 2.75) is 40.3 Å². The minimum absolute atomic E-state index is 0.148. The van der Waals surface area contributed by atoms with Crippen LogP contribution in [0.5, 0.6) is 5.75 Å². The van der Waals surface area contributed by atoms with Crippen molar-refractivity contribution in [1.29, 1.82) is 0 Å². The van der Waals surface area contributed by atoms with Crippen LogP contribution in [0, 0.1) is 13.8 Å². The maximum Gasteiger partial charge on any atom is 0.268 e. The van der Waals surface area contributed by atoms with Gasteiger partial charge in [-0.15, -0.1) is 11.3 Å². The number of hydrogen-bond donors (Lipinski definition) is 1. The van der Waals surface area contributed by atoms with Gasteiger partial charge in [0.2, 0.25) is 5.95 Å². The van der Waals surface area contributed by atoms with Gasteiger partial charge >= 0.3 is 0 Å². The van der Waals surface area contributed by atoms with Crippen LogP contribution < -0.4 is 10.1 Å². The Bertz CT molecular complexity index is 1190. The Balaban J connectivity index is 1.47. The molecule has 0 radical (unpaired) electrons. The average Bonchev–Trinajstić information content (AvgIpc) is 3.35. The lowest BCUT2D eigenvalue weighted by Gasteiger charge is -2.10. The smallest absolute Gasteiger partial charge is 0.268 e. The zero-order chi connectivity index (χ0) is 21.1. The molecule has 1 N–H and O–H groups in total. The van der Waals surface area contributed by atoms with Crippen LogP contribution in [0.15, 0.2) is 53.9 Å². The summed E-state index contributed by atoms with van der Waals surface area (Å²) in [7, 11) is 0. The lowest BCUT2D eigenvalue weighted by molar-refractivity contribution is 0.102. The van der Waals surface area contributed by atoms with Crippen LogP contribution in [0.3, 0.4) is 0 Å². The number of thiophene rings is 1. The van der Waals surface area contributed by atoms with Gasteiger partial charge in [-0.2, -0.15) is 0 Å². The molecule has 0 saturated heterocycles. The molecule has 30 heavy (non-hydrogen) atoms. The molecule has 0 aliphatic carbocycles. The van der Waals surface area contributed by atoms with Gasteiger partial charge in [-0.3, -0.25) is 10.1 Å². The molecule has 5 nitrogen and oxygen atoms in total. The number of rotatable bonds is 7. The van der Waals surface area contributed by atoms with Crippen molar-refractivity contribution in [1.82, 2.24) is 9.55 Å². The number of nitrogens with one attached hydrogen (secondary N) is 1. The van der Waals surface area contributed by atoms with Crippen molar-refractivity contribution in [2.75, 3.05) is 5.32 Å². The number of nitrogens with zero attached hydrogens (tertiary/aromatic N) is 2. The van der Waals surface area contributed by atoms with Gasteiger partial charge in [0.25, 0.3) is 5.91 Å². The maximum atomic E-state index is 12.8. The van der Waals surface area contributed by atoms with Gasteiger partial charge in [0.1, 0.15) is 12.4 Å². The highest BCUT2D eigenvalue weighted by Gasteiger charge is 2.15. The summed E-state index contributed by atoms with van der Waals surface area (Å²) in [5, 5.41) is 4.95. The molecular weight excluding hydrogens is 394 g/mol. The minimum Gasteiger partial charge on any atom is -0.489 e. The normalized spacial score (nSPS) is 11.0. The standard InChI is InChI=1S/C24H25N3O2S/c1-4-12-27-20-10-6-5-9-19(20)25-24(27)26-23(28)22-13-18(15-30-22)14-29-21-11-7-8-16(2)17(21)3/h5-11,13,15H,4,12,14H2,1-3H3,(H,25,26,28). The number of aryl methyl sites for hydroxylation is 2. The number of para-hydroxylation sites is 2. The molecule has 2 heterocycles. The van der Waals surface area contributed by atoms with Crippen molar-refractivity contribution in [3.05, 3.63) is 75.5 Å². The van der Waals surface area contributed by atoms with Crippen molar-refractivity contribution in [2.24, 2.45) is 0 Å². The molecule has 0 aliphatic rings. The Hall–Kier alpha value is -3.12. The number of hydrogen-bond acceptors (Lipinski definition) is 4. The third-order valence-corrected chi connectivity index (χ3v) is 6.13. The van der Waals surface area contributed by atoms with E-state index in [1.165, 1.54) is 16.9 Å². The van der Waals surface area contributed by atoms with E-state index in [9.17, 15) is 4.79 Å². The Kier molecular flexibility index (Phi) is 5.86. The third-order valence-electron chi connectivity index (χ3n) is 5.15. The van der Waals surface area contributed by atoms with E-state index in [1.807, 2.05) is 47.8 Å². The highest BCUT2D eigenvalue weighted by molar-refractivity contribution is 7.12. The molecule has 4 aromatic rings. The number of aromatic nitrogens is 2. The number of carbonyl (C=O) groups is 1. The summed E-state index contributed by atoms with van der Waals surface area (Å²) in [6.45, 7) is 7.47. The third kappa shape index (κ3) is 4.09. The van der Waals surface area contributed by atoms with Crippen molar-refractivity contribution >= 4 is 34.2 Å². The number of ether oxygens (including phenoxy) is 1. The van der Waals surface area contributed by atoms with Crippen LogP contribution >= 0.6 is 11.3 Å². The molecule has 0 fully saturated rings. The summed E-state index contributed by atoms with van der Waals surface area (Å²) < 4.78 is 8.03. The molecule has 0 unspecified atom stereocenters. The van der Waals surface area contributed by atoms with Gasteiger partial charge in [0, 0.05) is 12.1 Å². The molecule has 2 aromatic carbocycles. The second-order valence-corrected chi connectivity index (χ2v) is 8.25. The van der Waals surface area contributed by atoms with Crippen LogP contribution in [0.25, 0.3) is 11.0 Å². The van der Waals surface area contributed by atoms with Crippen LogP contribution in [0.1, 0.15) is 39.7 Å². The van der Waals surface area contributed by atoms with Crippen LogP contribution in [-0.2, 0) is 13.2 Å². The molecule has 154 valence electrons. The molecule has 0 atom stereocenters. The van der Waals surface area contributed by atoms with E-state index in [0.717, 1.165) is 40.9 Å². The largest absolute Gasteiger partial charge is 0.489 e. The number of carbonyl (C=O) groups excluding carboxylic acids is 1. The predicted molar refractivity (Wildman–Crippen MR) is 123 cm³/mol. The number of amides is 1. The fourth-order valence-electron chi connectivity index (χ4n) is 3.40. The maximum absolute atomic E-state index is 12.8. The highest BCUT2D eigenvalue weighted by atomic mass is 32.1. The second kappa shape index (κ2) is 8.71. The quantitative estimate of drug-likeness (QED) is 0.402. The van der Waals surface area contributed by atoms with E-state index in [0.29, 0.717) is 17.4 Å². The lowest BCUT2D eigenvalue weighted by atomic mass is 10.1. The molecule has 0 spiro atoms. The average molecular weight is 420 g/mol. The Morgan fingerprint density at radius 3 is 2.83 bits per heavy atom. The van der Waals surface area contributed by atoms with Crippen molar-refractivity contribution in [3.8, 4) is 5.75 Å². The first-order valence-electron chi connectivity index (χ1n) is 10.1. The van der Waals surface area contributed by atoms with E-state index in [4.69, 9.17) is 4.74 Å². The fourth-order valence-corrected chi connectivity index (χ4v) is 4.19. The Morgan fingerprint density at radius 2 is 2.00 bits per heavy atom. The predicted octanol–water partition coefficient (Wildman–Crippen LogP) is 5.96. The van der Waals surface area contributed by atoms with E-state index >= 15 is 0 Å². The Morgan fingerprint density at radius 1 is 1.17 bits per heavy atom. The van der Waals surface area contributed by atoms with Crippen molar-refractivity contribution in [3.63, 3.8) is 0 Å². The van der Waals surface area contributed by atoms with Crippen LogP contribution in [0.4, 0.5) is 5.95 Å². The van der Waals surface area contributed by atoms with Gasteiger partial charge < -0.3 is 9.30 Å². The number of imidazole rings is 1. The molecule has 2 aromatic heterocycles. The molecule has 0 saturated carbocycles. The summed E-state index contributed by atoms with van der Waals surface area (Å²) in [5.74, 6) is 1.32. The van der Waals surface area contributed by atoms with Crippen LogP contribution in [-0.4, -0.2) is 15.5 Å². The molecule has 6 heteroatoms. The first kappa shape index (κ1) is 20.2. The van der Waals surface area contributed by atoms with Gasteiger partial charge in [0.15, 0.2) is 0 Å². The first-order valence-corrected chi connectivity index (χ1v) is 11.0. The number of anilines is 1. The monoisotopic (exact) mass is 419 g/mol. The van der Waals surface area contributed by atoms with Gasteiger partial charge in [-0.25, -0.2) is 4.98 Å². The summed E-state index contributed by atoms with van der Waals surface area (Å²) in [4.78, 5) is 18.1. The molecular formula is C24H25N3O2S. The van der Waals surface area contributed by atoms with E-state index < -0.39 is 0 Å². The molecule has 4 rings (SSSR count). The SMILES string of the molecule is CCCn1c(NC(=O)c2cc(COc3cccc(C)c3C)cs2)nc2ccccc21.